The molecule has 0 amide bonds. The molecule has 0 aliphatic carbocycles. The van der Waals surface area contributed by atoms with Crippen LogP contribution in [-0.2, 0) is 4.74 Å². The minimum Gasteiger partial charge on any atom is -0.503 e. The summed E-state index contributed by atoms with van der Waals surface area (Å²) in [6.07, 6.45) is 1.13. The maximum Gasteiger partial charge on any atom is 0.250 e. The Hall–Kier alpha value is -1.97. The monoisotopic (exact) mass is 205 g/mol. The van der Waals surface area contributed by atoms with Gasteiger partial charge in [-0.1, -0.05) is 12.1 Å². The lowest BCUT2D eigenvalue weighted by molar-refractivity contribution is 0.251. The van der Waals surface area contributed by atoms with Crippen molar-refractivity contribution in [1.29, 1.82) is 5.41 Å². The van der Waals surface area contributed by atoms with E-state index >= 15 is 0 Å². The smallest absolute Gasteiger partial charge is 0.250 e. The normalized spacial score (nSPS) is 19.7. The van der Waals surface area contributed by atoms with Crippen molar-refractivity contribution in [1.82, 2.24) is 0 Å². The highest BCUT2D eigenvalue weighted by molar-refractivity contribution is 5.90. The van der Waals surface area contributed by atoms with Crippen molar-refractivity contribution in [2.45, 2.75) is 6.10 Å². The molecule has 1 aliphatic rings. The molecule has 0 saturated heterocycles. The Morgan fingerprint density at radius 1 is 1.33 bits per heavy atom. The van der Waals surface area contributed by atoms with Gasteiger partial charge in [-0.25, -0.2) is 0 Å². The lowest BCUT2D eigenvalue weighted by Crippen LogP contribution is -2.01. The third-order valence-corrected chi connectivity index (χ3v) is 2.23. The fourth-order valence-electron chi connectivity index (χ4n) is 1.40. The zero-order chi connectivity index (χ0) is 10.8. The van der Waals surface area contributed by atoms with Crippen molar-refractivity contribution in [2.75, 3.05) is 7.11 Å². The van der Waals surface area contributed by atoms with Crippen LogP contribution in [-0.4, -0.2) is 18.1 Å². The second-order valence-corrected chi connectivity index (χ2v) is 3.19. The largest absolute Gasteiger partial charge is 0.503 e. The summed E-state index contributed by atoms with van der Waals surface area (Å²) in [5, 5.41) is 16.5. The van der Waals surface area contributed by atoms with Gasteiger partial charge in [0.25, 0.3) is 0 Å². The Labute approximate surface area is 87.3 Å². The number of aliphatic hydroxyl groups is 1. The van der Waals surface area contributed by atoms with Gasteiger partial charge < -0.3 is 14.6 Å². The maximum atomic E-state index is 9.22. The van der Waals surface area contributed by atoms with Crippen LogP contribution in [0.4, 0.5) is 0 Å². The standard InChI is InChI=1S/C11H11NO3/c1-14-8-4-2-7(3-5-8)10-6-9(13)11(12)15-10/h2-6,10,12-13H,1H3. The van der Waals surface area contributed by atoms with E-state index in [1.165, 1.54) is 6.08 Å². The fraction of sp³-hybridized carbons (Fsp3) is 0.182. The Kier molecular flexibility index (Phi) is 2.33. The van der Waals surface area contributed by atoms with E-state index < -0.39 is 0 Å². The predicted octanol–water partition coefficient (Wildman–Crippen LogP) is 2.19. The van der Waals surface area contributed by atoms with Crippen LogP contribution in [0.1, 0.15) is 11.7 Å². The van der Waals surface area contributed by atoms with Crippen LogP contribution in [0.5, 0.6) is 5.75 Å². The molecule has 4 heteroatoms. The first kappa shape index (κ1) is 9.58. The molecule has 1 aliphatic heterocycles. The molecule has 2 rings (SSSR count). The molecule has 1 unspecified atom stereocenters. The number of ether oxygens (including phenoxy) is 2. The third-order valence-electron chi connectivity index (χ3n) is 2.23. The van der Waals surface area contributed by atoms with Gasteiger partial charge in [0.2, 0.25) is 5.90 Å². The van der Waals surface area contributed by atoms with Crippen LogP contribution < -0.4 is 4.74 Å². The summed E-state index contributed by atoms with van der Waals surface area (Å²) >= 11 is 0. The number of rotatable bonds is 2. The first-order valence-electron chi connectivity index (χ1n) is 4.51. The van der Waals surface area contributed by atoms with Crippen molar-refractivity contribution in [3.63, 3.8) is 0 Å². The van der Waals surface area contributed by atoms with E-state index in [0.29, 0.717) is 0 Å². The quantitative estimate of drug-likeness (QED) is 0.777. The van der Waals surface area contributed by atoms with Crippen LogP contribution in [0.3, 0.4) is 0 Å². The molecule has 15 heavy (non-hydrogen) atoms. The molecular weight excluding hydrogens is 194 g/mol. The van der Waals surface area contributed by atoms with Crippen molar-refractivity contribution < 1.29 is 14.6 Å². The van der Waals surface area contributed by atoms with Crippen LogP contribution >= 0.6 is 0 Å². The van der Waals surface area contributed by atoms with Crippen molar-refractivity contribution in [2.24, 2.45) is 0 Å². The Morgan fingerprint density at radius 3 is 2.47 bits per heavy atom. The SMILES string of the molecule is COc1ccc(C2C=C(O)C(=N)O2)cc1. The van der Waals surface area contributed by atoms with Gasteiger partial charge in [-0.2, -0.15) is 0 Å². The summed E-state index contributed by atoms with van der Waals surface area (Å²) in [5.41, 5.74) is 0.879. The van der Waals surface area contributed by atoms with Crippen molar-refractivity contribution in [3.8, 4) is 5.75 Å². The first-order valence-corrected chi connectivity index (χ1v) is 4.51. The Balaban J connectivity index is 2.21. The van der Waals surface area contributed by atoms with Gasteiger partial charge in [0.1, 0.15) is 11.9 Å². The minimum atomic E-state index is -0.372. The molecule has 0 fully saturated rings. The molecule has 0 bridgehead atoms. The summed E-state index contributed by atoms with van der Waals surface area (Å²) in [4.78, 5) is 0. The van der Waals surface area contributed by atoms with Gasteiger partial charge in [0, 0.05) is 6.08 Å². The average molecular weight is 205 g/mol. The predicted molar refractivity (Wildman–Crippen MR) is 55.3 cm³/mol. The van der Waals surface area contributed by atoms with Crippen LogP contribution in [0, 0.1) is 5.41 Å². The molecule has 1 aromatic carbocycles. The van der Waals surface area contributed by atoms with Gasteiger partial charge in [0.05, 0.1) is 7.11 Å². The minimum absolute atomic E-state index is 0.115. The van der Waals surface area contributed by atoms with E-state index in [-0.39, 0.29) is 17.8 Å². The van der Waals surface area contributed by atoms with E-state index in [4.69, 9.17) is 14.9 Å². The van der Waals surface area contributed by atoms with Crippen LogP contribution in [0.15, 0.2) is 36.1 Å². The summed E-state index contributed by atoms with van der Waals surface area (Å²) in [6.45, 7) is 0. The van der Waals surface area contributed by atoms with Crippen LogP contribution in [0.2, 0.25) is 0 Å². The van der Waals surface area contributed by atoms with Gasteiger partial charge in [-0.15, -0.1) is 0 Å². The number of hydrogen-bond acceptors (Lipinski definition) is 4. The lowest BCUT2D eigenvalue weighted by Gasteiger charge is -2.09. The highest BCUT2D eigenvalue weighted by atomic mass is 16.5. The summed E-state index contributed by atoms with van der Waals surface area (Å²) in [6, 6.07) is 7.30. The van der Waals surface area contributed by atoms with Crippen molar-refractivity contribution >= 4 is 5.90 Å². The number of aliphatic hydroxyl groups excluding tert-OH is 1. The Bertz CT molecular complexity index is 408. The lowest BCUT2D eigenvalue weighted by atomic mass is 10.1. The maximum absolute atomic E-state index is 9.22. The van der Waals surface area contributed by atoms with Gasteiger partial charge in [-0.3, -0.25) is 5.41 Å². The molecule has 0 spiro atoms. The van der Waals surface area contributed by atoms with Gasteiger partial charge in [-0.05, 0) is 17.7 Å². The van der Waals surface area contributed by atoms with Gasteiger partial charge in [0.15, 0.2) is 5.76 Å². The number of hydrogen-bond donors (Lipinski definition) is 2. The molecular formula is C11H11NO3. The van der Waals surface area contributed by atoms with E-state index in [1.54, 1.807) is 7.11 Å². The molecule has 1 aromatic rings. The molecule has 4 nitrogen and oxygen atoms in total. The fourth-order valence-corrected chi connectivity index (χ4v) is 1.40. The zero-order valence-corrected chi connectivity index (χ0v) is 8.23. The highest BCUT2D eigenvalue weighted by Crippen LogP contribution is 2.27. The third kappa shape index (κ3) is 1.79. The van der Waals surface area contributed by atoms with E-state index in [1.807, 2.05) is 24.3 Å². The molecule has 0 radical (unpaired) electrons. The molecule has 0 saturated carbocycles. The zero-order valence-electron chi connectivity index (χ0n) is 8.23. The van der Waals surface area contributed by atoms with E-state index in [0.717, 1.165) is 11.3 Å². The molecule has 1 heterocycles. The first-order chi connectivity index (χ1) is 7.20. The molecule has 1 atom stereocenters. The van der Waals surface area contributed by atoms with E-state index in [9.17, 15) is 5.11 Å². The Morgan fingerprint density at radius 2 is 2.00 bits per heavy atom. The van der Waals surface area contributed by atoms with Gasteiger partial charge >= 0.3 is 0 Å². The average Bonchev–Trinajstić information content (AvgIpc) is 2.59. The topological polar surface area (TPSA) is 62.5 Å². The second kappa shape index (κ2) is 3.65. The number of benzene rings is 1. The summed E-state index contributed by atoms with van der Waals surface area (Å²) in [7, 11) is 1.60. The summed E-state index contributed by atoms with van der Waals surface area (Å²) < 4.78 is 10.2. The number of nitrogens with one attached hydrogen (secondary N) is 1. The molecule has 78 valence electrons. The van der Waals surface area contributed by atoms with Crippen LogP contribution in [0.25, 0.3) is 0 Å². The second-order valence-electron chi connectivity index (χ2n) is 3.19. The number of methoxy groups -OCH3 is 1. The molecule has 0 aromatic heterocycles. The van der Waals surface area contributed by atoms with Crippen molar-refractivity contribution in [3.05, 3.63) is 41.7 Å². The van der Waals surface area contributed by atoms with E-state index in [2.05, 4.69) is 0 Å². The highest BCUT2D eigenvalue weighted by Gasteiger charge is 2.23. The molecule has 2 N–H and O–H groups in total. The summed E-state index contributed by atoms with van der Waals surface area (Å²) in [5.74, 6) is 0.465.